The lowest BCUT2D eigenvalue weighted by atomic mass is 9.87. The normalized spacial score (nSPS) is 19.0. The van der Waals surface area contributed by atoms with Gasteiger partial charge in [0.05, 0.1) is 6.04 Å². The summed E-state index contributed by atoms with van der Waals surface area (Å²) in [7, 11) is 0. The van der Waals surface area contributed by atoms with Gasteiger partial charge < -0.3 is 10.6 Å². The Labute approximate surface area is 189 Å². The Hall–Kier alpha value is -3.52. The third kappa shape index (κ3) is 4.01. The lowest BCUT2D eigenvalue weighted by Crippen LogP contribution is -2.45. The maximum atomic E-state index is 13.4. The van der Waals surface area contributed by atoms with Crippen LogP contribution in [-0.2, 0) is 15.1 Å². The Morgan fingerprint density at radius 3 is 2.44 bits per heavy atom. The van der Waals surface area contributed by atoms with Gasteiger partial charge >= 0.3 is 6.03 Å². The molecular weight excluding hydrogens is 429 g/mol. The van der Waals surface area contributed by atoms with Crippen LogP contribution in [0.3, 0.4) is 0 Å². The molecule has 0 spiro atoms. The molecule has 164 valence electrons. The third-order valence-corrected chi connectivity index (χ3v) is 6.55. The van der Waals surface area contributed by atoms with E-state index in [2.05, 4.69) is 10.6 Å². The Bertz CT molecular complexity index is 1120. The number of amides is 4. The van der Waals surface area contributed by atoms with Gasteiger partial charge in [-0.25, -0.2) is 9.18 Å². The number of thiophene rings is 1. The molecule has 2 aromatic carbocycles. The summed E-state index contributed by atoms with van der Waals surface area (Å²) >= 11 is 1.45. The number of carbonyl (C=O) groups excluding carboxylic acids is 3. The van der Waals surface area contributed by atoms with Crippen molar-refractivity contribution in [1.82, 2.24) is 15.5 Å². The highest BCUT2D eigenvalue weighted by Gasteiger charge is 2.51. The minimum Gasteiger partial charge on any atom is -0.343 e. The van der Waals surface area contributed by atoms with Crippen molar-refractivity contribution in [1.29, 1.82) is 0 Å². The molecule has 1 aliphatic heterocycles. The van der Waals surface area contributed by atoms with Crippen LogP contribution in [0.1, 0.15) is 35.4 Å². The number of hydrogen-bond acceptors (Lipinski definition) is 4. The molecule has 0 unspecified atom stereocenters. The summed E-state index contributed by atoms with van der Waals surface area (Å²) in [5, 5.41) is 7.54. The van der Waals surface area contributed by atoms with Crippen molar-refractivity contribution >= 4 is 29.2 Å². The summed E-state index contributed by atoms with van der Waals surface area (Å²) < 4.78 is 13.4. The Morgan fingerprint density at radius 2 is 1.81 bits per heavy atom. The minimum absolute atomic E-state index is 0.354. The van der Waals surface area contributed by atoms with E-state index in [0.29, 0.717) is 17.5 Å². The summed E-state index contributed by atoms with van der Waals surface area (Å²) in [6, 6.07) is 17.5. The van der Waals surface area contributed by atoms with Crippen molar-refractivity contribution < 1.29 is 18.8 Å². The lowest BCUT2D eigenvalue weighted by molar-refractivity contribution is -0.135. The van der Waals surface area contributed by atoms with Crippen LogP contribution in [0.5, 0.6) is 0 Å². The molecule has 4 amide bonds. The monoisotopic (exact) mass is 451 g/mol. The van der Waals surface area contributed by atoms with Crippen LogP contribution in [0.2, 0.25) is 0 Å². The number of urea groups is 1. The van der Waals surface area contributed by atoms with Crippen molar-refractivity contribution in [3.8, 4) is 0 Å². The van der Waals surface area contributed by atoms with E-state index in [1.54, 1.807) is 36.4 Å². The average molecular weight is 452 g/mol. The second-order valence-electron chi connectivity index (χ2n) is 7.51. The number of halogens is 1. The van der Waals surface area contributed by atoms with Gasteiger partial charge in [0.25, 0.3) is 5.91 Å². The Balaban J connectivity index is 1.54. The molecule has 0 bridgehead atoms. The van der Waals surface area contributed by atoms with Gasteiger partial charge in [-0.2, -0.15) is 0 Å². The van der Waals surface area contributed by atoms with E-state index >= 15 is 0 Å². The number of carbonyl (C=O) groups is 3. The summed E-state index contributed by atoms with van der Waals surface area (Å²) in [4.78, 5) is 40.6. The van der Waals surface area contributed by atoms with Crippen LogP contribution < -0.4 is 10.6 Å². The summed E-state index contributed by atoms with van der Waals surface area (Å²) in [5.74, 6) is -1.32. The highest BCUT2D eigenvalue weighted by atomic mass is 32.1. The second-order valence-corrected chi connectivity index (χ2v) is 8.49. The van der Waals surface area contributed by atoms with Crippen molar-refractivity contribution in [2.75, 3.05) is 6.54 Å². The van der Waals surface area contributed by atoms with Crippen LogP contribution in [0.25, 0.3) is 0 Å². The maximum absolute atomic E-state index is 13.4. The van der Waals surface area contributed by atoms with E-state index in [9.17, 15) is 18.8 Å². The van der Waals surface area contributed by atoms with Gasteiger partial charge in [-0.3, -0.25) is 14.5 Å². The molecule has 2 heterocycles. The topological polar surface area (TPSA) is 78.5 Å². The standard InChI is InChI=1S/C24H22FN3O3S/c1-2-24(17-7-4-3-5-8-17)22(30)28(23(31)27-24)15-20(29)26-21(19-9-6-14-32-19)16-10-12-18(25)13-11-16/h3-14,21H,2,15H2,1H3,(H,26,29)(H,27,31)/t21-,24+/m0/s1. The van der Waals surface area contributed by atoms with E-state index in [0.717, 1.165) is 9.78 Å². The summed E-state index contributed by atoms with van der Waals surface area (Å²) in [6.45, 7) is 1.40. The first-order valence-electron chi connectivity index (χ1n) is 10.2. The zero-order valence-corrected chi connectivity index (χ0v) is 18.2. The van der Waals surface area contributed by atoms with E-state index in [4.69, 9.17) is 0 Å². The fourth-order valence-corrected chi connectivity index (χ4v) is 4.71. The van der Waals surface area contributed by atoms with Crippen molar-refractivity contribution in [3.05, 3.63) is 93.9 Å². The first-order valence-corrected chi connectivity index (χ1v) is 11.1. The second kappa shape index (κ2) is 8.92. The number of hydrogen-bond donors (Lipinski definition) is 2. The minimum atomic E-state index is -1.19. The first kappa shape index (κ1) is 21.7. The lowest BCUT2D eigenvalue weighted by Gasteiger charge is -2.26. The van der Waals surface area contributed by atoms with Gasteiger partial charge in [0.1, 0.15) is 17.9 Å². The largest absolute Gasteiger partial charge is 0.343 e. The molecule has 6 nitrogen and oxygen atoms in total. The predicted octanol–water partition coefficient (Wildman–Crippen LogP) is 3.95. The molecule has 0 aliphatic carbocycles. The molecule has 32 heavy (non-hydrogen) atoms. The molecule has 1 saturated heterocycles. The number of rotatable bonds is 7. The van der Waals surface area contributed by atoms with Gasteiger partial charge in [-0.1, -0.05) is 55.5 Å². The molecular formula is C24H22FN3O3S. The Morgan fingerprint density at radius 1 is 1.09 bits per heavy atom. The van der Waals surface area contributed by atoms with Crippen LogP contribution in [0, 0.1) is 5.82 Å². The molecule has 8 heteroatoms. The third-order valence-electron chi connectivity index (χ3n) is 5.61. The van der Waals surface area contributed by atoms with E-state index < -0.39 is 36.0 Å². The fraction of sp³-hybridized carbons (Fsp3) is 0.208. The van der Waals surface area contributed by atoms with Crippen LogP contribution in [0.15, 0.2) is 72.1 Å². The Kier molecular flexibility index (Phi) is 6.05. The van der Waals surface area contributed by atoms with Crippen LogP contribution >= 0.6 is 11.3 Å². The highest BCUT2D eigenvalue weighted by molar-refractivity contribution is 7.10. The van der Waals surface area contributed by atoms with Gasteiger partial charge in [-0.15, -0.1) is 11.3 Å². The molecule has 0 radical (unpaired) electrons. The maximum Gasteiger partial charge on any atom is 0.325 e. The molecule has 0 saturated carbocycles. The number of nitrogens with one attached hydrogen (secondary N) is 2. The zero-order chi connectivity index (χ0) is 22.7. The van der Waals surface area contributed by atoms with Gasteiger partial charge in [0.2, 0.25) is 5.91 Å². The van der Waals surface area contributed by atoms with Crippen molar-refractivity contribution in [2.45, 2.75) is 24.9 Å². The zero-order valence-electron chi connectivity index (χ0n) is 17.4. The summed E-state index contributed by atoms with van der Waals surface area (Å²) in [6.07, 6.45) is 0.354. The smallest absolute Gasteiger partial charge is 0.325 e. The number of imide groups is 1. The predicted molar refractivity (Wildman–Crippen MR) is 119 cm³/mol. The quantitative estimate of drug-likeness (QED) is 0.534. The fourth-order valence-electron chi connectivity index (χ4n) is 3.91. The van der Waals surface area contributed by atoms with E-state index in [1.807, 2.05) is 30.5 Å². The molecule has 1 aliphatic rings. The highest BCUT2D eigenvalue weighted by Crippen LogP contribution is 2.32. The molecule has 1 fully saturated rings. The number of benzene rings is 2. The van der Waals surface area contributed by atoms with Gasteiger partial charge in [0.15, 0.2) is 0 Å². The molecule has 3 aromatic rings. The van der Waals surface area contributed by atoms with E-state index in [-0.39, 0.29) is 5.82 Å². The molecule has 2 atom stereocenters. The molecule has 4 rings (SSSR count). The van der Waals surface area contributed by atoms with Crippen molar-refractivity contribution in [2.24, 2.45) is 0 Å². The van der Waals surface area contributed by atoms with Gasteiger partial charge in [0, 0.05) is 4.88 Å². The molecule has 1 aromatic heterocycles. The SMILES string of the molecule is CC[C@]1(c2ccccc2)NC(=O)N(CC(=O)N[C@@H](c2ccc(F)cc2)c2cccs2)C1=O. The summed E-state index contributed by atoms with van der Waals surface area (Å²) in [5.41, 5.74) is 0.182. The van der Waals surface area contributed by atoms with Crippen molar-refractivity contribution in [3.63, 3.8) is 0 Å². The van der Waals surface area contributed by atoms with E-state index in [1.165, 1.54) is 23.5 Å². The first-order chi connectivity index (χ1) is 15.4. The molecule has 2 N–H and O–H groups in total. The number of nitrogens with zero attached hydrogens (tertiary/aromatic N) is 1. The van der Waals surface area contributed by atoms with Crippen LogP contribution in [0.4, 0.5) is 9.18 Å². The van der Waals surface area contributed by atoms with Gasteiger partial charge in [-0.05, 0) is 41.1 Å². The van der Waals surface area contributed by atoms with Crippen LogP contribution in [-0.4, -0.2) is 29.3 Å². The average Bonchev–Trinajstić information content (AvgIpc) is 3.42.